The lowest BCUT2D eigenvalue weighted by molar-refractivity contribution is 0.230. The van der Waals surface area contributed by atoms with E-state index in [-0.39, 0.29) is 6.03 Å². The van der Waals surface area contributed by atoms with Crippen molar-refractivity contribution in [2.24, 2.45) is 0 Å². The van der Waals surface area contributed by atoms with E-state index in [1.165, 1.54) is 4.90 Å². The van der Waals surface area contributed by atoms with Gasteiger partial charge in [0.2, 0.25) is 0 Å². The normalized spacial score (nSPS) is 10.5. The van der Waals surface area contributed by atoms with Gasteiger partial charge >= 0.3 is 6.03 Å². The van der Waals surface area contributed by atoms with Crippen molar-refractivity contribution in [3.63, 3.8) is 0 Å². The number of methoxy groups -OCH3 is 2. The van der Waals surface area contributed by atoms with E-state index in [2.05, 4.69) is 5.32 Å². The Hall–Kier alpha value is -2.95. The Kier molecular flexibility index (Phi) is 5.84. The van der Waals surface area contributed by atoms with Crippen molar-refractivity contribution in [1.29, 1.82) is 0 Å². The van der Waals surface area contributed by atoms with Crippen LogP contribution in [0.1, 0.15) is 11.1 Å². The molecule has 0 bridgehead atoms. The Morgan fingerprint density at radius 3 is 2.08 bits per heavy atom. The van der Waals surface area contributed by atoms with Gasteiger partial charge in [0, 0.05) is 19.8 Å². The van der Waals surface area contributed by atoms with Gasteiger partial charge in [-0.05, 0) is 35.4 Å². The number of nitrogens with one attached hydrogen (secondary N) is 1. The van der Waals surface area contributed by atoms with Crippen molar-refractivity contribution in [3.8, 4) is 11.5 Å². The van der Waals surface area contributed by atoms with Gasteiger partial charge in [0.25, 0.3) is 0 Å². The Bertz CT molecular complexity index is 722. The highest BCUT2D eigenvalue weighted by molar-refractivity contribution is 5.89. The fourth-order valence-electron chi connectivity index (χ4n) is 2.06. The molecule has 2 amide bonds. The third-order valence-corrected chi connectivity index (χ3v) is 3.44. The van der Waals surface area contributed by atoms with E-state index in [0.29, 0.717) is 11.5 Å². The van der Waals surface area contributed by atoms with E-state index < -0.39 is 0 Å². The molecule has 0 aliphatic carbocycles. The summed E-state index contributed by atoms with van der Waals surface area (Å²) in [4.78, 5) is 13.1. The van der Waals surface area contributed by atoms with Crippen molar-refractivity contribution in [2.75, 3.05) is 33.6 Å². The Morgan fingerprint density at radius 2 is 1.50 bits per heavy atom. The molecule has 0 fully saturated rings. The van der Waals surface area contributed by atoms with Gasteiger partial charge in [-0.1, -0.05) is 30.4 Å². The monoisotopic (exact) mass is 326 g/mol. The van der Waals surface area contributed by atoms with E-state index in [1.807, 2.05) is 54.6 Å². The number of nitrogens with zero attached hydrogens (tertiary/aromatic N) is 1. The van der Waals surface area contributed by atoms with Crippen LogP contribution < -0.4 is 14.8 Å². The predicted molar refractivity (Wildman–Crippen MR) is 97.6 cm³/mol. The summed E-state index contributed by atoms with van der Waals surface area (Å²) in [5.41, 5.74) is 2.81. The fourth-order valence-corrected chi connectivity index (χ4v) is 2.06. The average molecular weight is 326 g/mol. The summed E-state index contributed by atoms with van der Waals surface area (Å²) in [7, 11) is 6.64. The van der Waals surface area contributed by atoms with E-state index in [9.17, 15) is 4.79 Å². The third-order valence-electron chi connectivity index (χ3n) is 3.44. The highest BCUT2D eigenvalue weighted by Crippen LogP contribution is 2.28. The van der Waals surface area contributed by atoms with E-state index >= 15 is 0 Å². The summed E-state index contributed by atoms with van der Waals surface area (Å²) < 4.78 is 10.5. The van der Waals surface area contributed by atoms with Gasteiger partial charge in [0.05, 0.1) is 14.2 Å². The molecule has 0 aliphatic rings. The number of hydrogen-bond acceptors (Lipinski definition) is 3. The molecule has 0 spiro atoms. The standard InChI is InChI=1S/C19H22N2O3/c1-21(2)19(22)20-16-10-7-14(8-11-16)5-6-15-9-12-17(23-3)18(13-15)24-4/h5-13H,1-4H3,(H,20,22)/b6-5+. The van der Waals surface area contributed by atoms with Crippen LogP contribution in [-0.2, 0) is 0 Å². The number of amides is 2. The van der Waals surface area contributed by atoms with Gasteiger partial charge in [-0.2, -0.15) is 0 Å². The van der Waals surface area contributed by atoms with Gasteiger partial charge in [-0.25, -0.2) is 4.79 Å². The molecule has 0 saturated heterocycles. The molecule has 2 rings (SSSR count). The Balaban J connectivity index is 2.08. The summed E-state index contributed by atoms with van der Waals surface area (Å²) in [6.45, 7) is 0. The summed E-state index contributed by atoms with van der Waals surface area (Å²) in [5, 5.41) is 2.80. The van der Waals surface area contributed by atoms with Crippen LogP contribution in [0.2, 0.25) is 0 Å². The van der Waals surface area contributed by atoms with Crippen LogP contribution in [0.4, 0.5) is 10.5 Å². The summed E-state index contributed by atoms with van der Waals surface area (Å²) in [6.07, 6.45) is 3.99. The Labute approximate surface area is 142 Å². The zero-order valence-electron chi connectivity index (χ0n) is 14.4. The van der Waals surface area contributed by atoms with Crippen LogP contribution in [0, 0.1) is 0 Å². The number of ether oxygens (including phenoxy) is 2. The van der Waals surface area contributed by atoms with Crippen LogP contribution in [-0.4, -0.2) is 39.2 Å². The molecule has 0 aromatic heterocycles. The average Bonchev–Trinajstić information content (AvgIpc) is 2.60. The van der Waals surface area contributed by atoms with E-state index in [1.54, 1.807) is 28.3 Å². The van der Waals surface area contributed by atoms with Crippen LogP contribution in [0.5, 0.6) is 11.5 Å². The molecule has 0 saturated carbocycles. The molecule has 0 aliphatic heterocycles. The zero-order chi connectivity index (χ0) is 17.5. The highest BCUT2D eigenvalue weighted by atomic mass is 16.5. The molecule has 0 radical (unpaired) electrons. The smallest absolute Gasteiger partial charge is 0.321 e. The molecule has 2 aromatic rings. The van der Waals surface area contributed by atoms with Crippen molar-refractivity contribution >= 4 is 23.9 Å². The summed E-state index contributed by atoms with van der Waals surface area (Å²) in [5.74, 6) is 1.40. The predicted octanol–water partition coefficient (Wildman–Crippen LogP) is 3.97. The molecule has 5 nitrogen and oxygen atoms in total. The molecule has 0 atom stereocenters. The number of benzene rings is 2. The SMILES string of the molecule is COc1ccc(/C=C/c2ccc(NC(=O)N(C)C)cc2)cc1OC. The number of carbonyl (C=O) groups excluding carboxylic acids is 1. The van der Waals surface area contributed by atoms with Gasteiger partial charge < -0.3 is 19.7 Å². The number of carbonyl (C=O) groups is 1. The molecule has 2 aromatic carbocycles. The first-order valence-corrected chi connectivity index (χ1v) is 7.52. The minimum Gasteiger partial charge on any atom is -0.493 e. The molecule has 126 valence electrons. The summed E-state index contributed by atoms with van der Waals surface area (Å²) in [6, 6.07) is 13.2. The maximum atomic E-state index is 11.6. The second-order valence-electron chi connectivity index (χ2n) is 5.39. The van der Waals surface area contributed by atoms with Crippen molar-refractivity contribution in [3.05, 3.63) is 53.6 Å². The van der Waals surface area contributed by atoms with Crippen molar-refractivity contribution in [1.82, 2.24) is 4.90 Å². The van der Waals surface area contributed by atoms with Crippen LogP contribution >= 0.6 is 0 Å². The maximum Gasteiger partial charge on any atom is 0.321 e. The van der Waals surface area contributed by atoms with Crippen molar-refractivity contribution < 1.29 is 14.3 Å². The molecule has 5 heteroatoms. The first kappa shape index (κ1) is 17.4. The third kappa shape index (κ3) is 4.52. The first-order chi connectivity index (χ1) is 11.5. The van der Waals surface area contributed by atoms with Crippen LogP contribution in [0.25, 0.3) is 12.2 Å². The molecular weight excluding hydrogens is 304 g/mol. The topological polar surface area (TPSA) is 50.8 Å². The largest absolute Gasteiger partial charge is 0.493 e. The van der Waals surface area contributed by atoms with Gasteiger partial charge in [-0.3, -0.25) is 0 Å². The van der Waals surface area contributed by atoms with Crippen LogP contribution in [0.3, 0.4) is 0 Å². The Morgan fingerprint density at radius 1 is 0.917 bits per heavy atom. The molecule has 1 N–H and O–H groups in total. The van der Waals surface area contributed by atoms with Crippen molar-refractivity contribution in [2.45, 2.75) is 0 Å². The lowest BCUT2D eigenvalue weighted by Crippen LogP contribution is -2.27. The zero-order valence-corrected chi connectivity index (χ0v) is 14.4. The van der Waals surface area contributed by atoms with Gasteiger partial charge in [0.1, 0.15) is 0 Å². The molecular formula is C19H22N2O3. The summed E-state index contributed by atoms with van der Waals surface area (Å²) >= 11 is 0. The molecule has 0 heterocycles. The second kappa shape index (κ2) is 8.06. The maximum absolute atomic E-state index is 11.6. The highest BCUT2D eigenvalue weighted by Gasteiger charge is 2.04. The lowest BCUT2D eigenvalue weighted by atomic mass is 10.1. The number of anilines is 1. The minimum atomic E-state index is -0.149. The van der Waals surface area contributed by atoms with Gasteiger partial charge in [0.15, 0.2) is 11.5 Å². The number of urea groups is 1. The second-order valence-corrected chi connectivity index (χ2v) is 5.39. The number of rotatable bonds is 5. The van der Waals surface area contributed by atoms with Crippen LogP contribution in [0.15, 0.2) is 42.5 Å². The lowest BCUT2D eigenvalue weighted by Gasteiger charge is -2.11. The fraction of sp³-hybridized carbons (Fsp3) is 0.211. The van der Waals surface area contributed by atoms with E-state index in [0.717, 1.165) is 16.8 Å². The molecule has 0 unspecified atom stereocenters. The van der Waals surface area contributed by atoms with E-state index in [4.69, 9.17) is 9.47 Å². The number of hydrogen-bond donors (Lipinski definition) is 1. The first-order valence-electron chi connectivity index (χ1n) is 7.52. The van der Waals surface area contributed by atoms with Gasteiger partial charge in [-0.15, -0.1) is 0 Å². The quantitative estimate of drug-likeness (QED) is 0.846. The minimum absolute atomic E-state index is 0.149. The molecule has 24 heavy (non-hydrogen) atoms.